The van der Waals surface area contributed by atoms with Gasteiger partial charge in [-0.3, -0.25) is 9.78 Å². The lowest BCUT2D eigenvalue weighted by molar-refractivity contribution is 0.0931. The highest BCUT2D eigenvalue weighted by molar-refractivity contribution is 6.29. The molecule has 0 saturated heterocycles. The molecule has 0 aliphatic heterocycles. The highest BCUT2D eigenvalue weighted by Crippen LogP contribution is 2.30. The molecule has 1 aromatic heterocycles. The van der Waals surface area contributed by atoms with E-state index in [0.29, 0.717) is 0 Å². The highest BCUT2D eigenvalue weighted by Gasteiger charge is 2.24. The van der Waals surface area contributed by atoms with Crippen molar-refractivity contribution in [1.29, 1.82) is 0 Å². The first-order valence-corrected chi connectivity index (χ1v) is 6.48. The second kappa shape index (κ2) is 4.97. The van der Waals surface area contributed by atoms with E-state index in [1.807, 2.05) is 12.1 Å². The Bertz CT molecular complexity index is 630. The summed E-state index contributed by atoms with van der Waals surface area (Å²) in [6.07, 6.45) is 4.73. The van der Waals surface area contributed by atoms with E-state index < -0.39 is 0 Å². The predicted octanol–water partition coefficient (Wildman–Crippen LogP) is 2.55. The topological polar surface area (TPSA) is 54.9 Å². The zero-order valence-corrected chi connectivity index (χ0v) is 10.9. The Morgan fingerprint density at radius 3 is 3.00 bits per heavy atom. The van der Waals surface area contributed by atoms with Crippen LogP contribution in [0.1, 0.15) is 34.1 Å². The van der Waals surface area contributed by atoms with Gasteiger partial charge in [-0.05, 0) is 24.0 Å². The maximum absolute atomic E-state index is 12.1. The second-order valence-electron chi connectivity index (χ2n) is 4.49. The van der Waals surface area contributed by atoms with Gasteiger partial charge in [-0.1, -0.05) is 35.9 Å². The van der Waals surface area contributed by atoms with Crippen LogP contribution in [0.4, 0.5) is 0 Å². The lowest BCUT2D eigenvalue weighted by atomic mass is 10.1. The molecule has 2 aromatic rings. The van der Waals surface area contributed by atoms with Crippen LogP contribution in [-0.2, 0) is 6.42 Å². The van der Waals surface area contributed by atoms with Gasteiger partial charge in [0.05, 0.1) is 18.4 Å². The lowest BCUT2D eigenvalue weighted by Crippen LogP contribution is -2.28. The quantitative estimate of drug-likeness (QED) is 0.915. The number of hydrogen-bond donors (Lipinski definition) is 1. The third-order valence-corrected chi connectivity index (χ3v) is 3.46. The van der Waals surface area contributed by atoms with Crippen molar-refractivity contribution in [3.63, 3.8) is 0 Å². The molecule has 1 aliphatic rings. The van der Waals surface area contributed by atoms with Crippen LogP contribution in [0.3, 0.4) is 0 Å². The van der Waals surface area contributed by atoms with Gasteiger partial charge in [-0.25, -0.2) is 4.98 Å². The van der Waals surface area contributed by atoms with Gasteiger partial charge in [-0.2, -0.15) is 0 Å². The summed E-state index contributed by atoms with van der Waals surface area (Å²) in [6.45, 7) is 0. The van der Waals surface area contributed by atoms with E-state index in [4.69, 9.17) is 11.6 Å². The van der Waals surface area contributed by atoms with Gasteiger partial charge in [0, 0.05) is 0 Å². The van der Waals surface area contributed by atoms with Crippen molar-refractivity contribution in [1.82, 2.24) is 15.3 Å². The molecule has 1 amide bonds. The minimum absolute atomic E-state index is 0.0458. The minimum Gasteiger partial charge on any atom is -0.344 e. The van der Waals surface area contributed by atoms with Crippen molar-refractivity contribution in [3.05, 3.63) is 58.6 Å². The number of nitrogens with one attached hydrogen (secondary N) is 1. The van der Waals surface area contributed by atoms with Crippen LogP contribution in [0.25, 0.3) is 0 Å². The molecule has 0 fully saturated rings. The summed E-state index contributed by atoms with van der Waals surface area (Å²) in [7, 11) is 0. The van der Waals surface area contributed by atoms with Gasteiger partial charge in [0.25, 0.3) is 5.91 Å². The monoisotopic (exact) mass is 273 g/mol. The average molecular weight is 274 g/mol. The van der Waals surface area contributed by atoms with Crippen molar-refractivity contribution < 1.29 is 4.79 Å². The molecular formula is C14H12ClN3O. The van der Waals surface area contributed by atoms with Crippen molar-refractivity contribution >= 4 is 17.5 Å². The third kappa shape index (κ3) is 2.44. The van der Waals surface area contributed by atoms with Crippen LogP contribution in [0.15, 0.2) is 36.7 Å². The number of aryl methyl sites for hydroxylation is 1. The van der Waals surface area contributed by atoms with Crippen molar-refractivity contribution in [2.24, 2.45) is 0 Å². The van der Waals surface area contributed by atoms with Crippen LogP contribution in [0.2, 0.25) is 5.15 Å². The van der Waals surface area contributed by atoms with Crippen LogP contribution in [-0.4, -0.2) is 15.9 Å². The van der Waals surface area contributed by atoms with Gasteiger partial charge < -0.3 is 5.32 Å². The number of aromatic nitrogens is 2. The van der Waals surface area contributed by atoms with Crippen LogP contribution in [0, 0.1) is 0 Å². The number of benzene rings is 1. The second-order valence-corrected chi connectivity index (χ2v) is 4.88. The molecule has 3 rings (SSSR count). The van der Waals surface area contributed by atoms with E-state index >= 15 is 0 Å². The first kappa shape index (κ1) is 12.1. The van der Waals surface area contributed by atoms with E-state index in [2.05, 4.69) is 27.4 Å². The van der Waals surface area contributed by atoms with Gasteiger partial charge in [0.1, 0.15) is 10.8 Å². The Kier molecular flexibility index (Phi) is 3.17. The number of carbonyl (C=O) groups is 1. The number of nitrogens with zero attached hydrogens (tertiary/aromatic N) is 2. The fourth-order valence-corrected chi connectivity index (χ4v) is 2.54. The summed E-state index contributed by atoms with van der Waals surface area (Å²) in [5.41, 5.74) is 2.73. The molecule has 0 saturated carbocycles. The Labute approximate surface area is 115 Å². The summed E-state index contributed by atoms with van der Waals surface area (Å²) in [4.78, 5) is 19.9. The Balaban J connectivity index is 1.78. The normalized spacial score (nSPS) is 17.0. The first-order valence-electron chi connectivity index (χ1n) is 6.10. The summed E-state index contributed by atoms with van der Waals surface area (Å²) in [5, 5.41) is 3.20. The molecular weight excluding hydrogens is 262 g/mol. The molecule has 4 nitrogen and oxygen atoms in total. The Morgan fingerprint density at radius 1 is 1.32 bits per heavy atom. The molecule has 5 heteroatoms. The van der Waals surface area contributed by atoms with Crippen LogP contribution >= 0.6 is 11.6 Å². The molecule has 0 bridgehead atoms. The summed E-state index contributed by atoms with van der Waals surface area (Å²) in [6, 6.07) is 8.20. The van der Waals surface area contributed by atoms with E-state index in [9.17, 15) is 4.79 Å². The largest absolute Gasteiger partial charge is 0.344 e. The molecule has 0 spiro atoms. The molecule has 1 aliphatic carbocycles. The van der Waals surface area contributed by atoms with Crippen molar-refractivity contribution in [2.75, 3.05) is 0 Å². The van der Waals surface area contributed by atoms with Crippen molar-refractivity contribution in [2.45, 2.75) is 18.9 Å². The zero-order chi connectivity index (χ0) is 13.2. The zero-order valence-electron chi connectivity index (χ0n) is 10.1. The molecule has 0 radical (unpaired) electrons. The maximum Gasteiger partial charge on any atom is 0.272 e. The number of fused-ring (bicyclic) bond motifs is 1. The molecule has 1 aromatic carbocycles. The van der Waals surface area contributed by atoms with E-state index in [0.717, 1.165) is 12.8 Å². The minimum atomic E-state index is -0.239. The average Bonchev–Trinajstić information content (AvgIpc) is 2.82. The summed E-state index contributed by atoms with van der Waals surface area (Å²) >= 11 is 5.73. The maximum atomic E-state index is 12.1. The van der Waals surface area contributed by atoms with E-state index in [-0.39, 0.29) is 22.8 Å². The van der Waals surface area contributed by atoms with Crippen LogP contribution < -0.4 is 5.32 Å². The summed E-state index contributed by atoms with van der Waals surface area (Å²) < 4.78 is 0. The van der Waals surface area contributed by atoms with Crippen molar-refractivity contribution in [3.8, 4) is 0 Å². The molecule has 1 atom stereocenters. The van der Waals surface area contributed by atoms with E-state index in [1.54, 1.807) is 0 Å². The molecule has 1 N–H and O–H groups in total. The number of halogens is 1. The SMILES string of the molecule is O=C(NC1CCc2ccccc21)c1cncc(Cl)n1. The fraction of sp³-hybridized carbons (Fsp3) is 0.214. The number of rotatable bonds is 2. The highest BCUT2D eigenvalue weighted by atomic mass is 35.5. The van der Waals surface area contributed by atoms with Gasteiger partial charge >= 0.3 is 0 Å². The molecule has 1 unspecified atom stereocenters. The van der Waals surface area contributed by atoms with Gasteiger partial charge in [0.15, 0.2) is 0 Å². The molecule has 1 heterocycles. The predicted molar refractivity (Wildman–Crippen MR) is 72.0 cm³/mol. The van der Waals surface area contributed by atoms with E-state index in [1.165, 1.54) is 23.5 Å². The number of amides is 1. The number of hydrogen-bond acceptors (Lipinski definition) is 3. The third-order valence-electron chi connectivity index (χ3n) is 3.28. The van der Waals surface area contributed by atoms with Crippen LogP contribution in [0.5, 0.6) is 0 Å². The Hall–Kier alpha value is -1.94. The Morgan fingerprint density at radius 2 is 2.16 bits per heavy atom. The summed E-state index contributed by atoms with van der Waals surface area (Å²) in [5.74, 6) is -0.239. The first-order chi connectivity index (χ1) is 9.24. The fourth-order valence-electron chi connectivity index (χ4n) is 2.39. The molecule has 96 valence electrons. The van der Waals surface area contributed by atoms with Gasteiger partial charge in [-0.15, -0.1) is 0 Å². The smallest absolute Gasteiger partial charge is 0.272 e. The standard InChI is InChI=1S/C14H12ClN3O/c15-13-8-16-7-12(17-13)14(19)18-11-6-5-9-3-1-2-4-10(9)11/h1-4,7-8,11H,5-6H2,(H,18,19). The van der Waals surface area contributed by atoms with Gasteiger partial charge in [0.2, 0.25) is 0 Å². The molecule has 19 heavy (non-hydrogen) atoms. The lowest BCUT2D eigenvalue weighted by Gasteiger charge is -2.13. The number of carbonyl (C=O) groups excluding carboxylic acids is 1.